The predicted molar refractivity (Wildman–Crippen MR) is 50.9 cm³/mol. The number of aliphatic hydroxyl groups excluding tert-OH is 1. The summed E-state index contributed by atoms with van der Waals surface area (Å²) in [5, 5.41) is 9.53. The van der Waals surface area contributed by atoms with Gasteiger partial charge in [0.15, 0.2) is 0 Å². The van der Waals surface area contributed by atoms with Crippen molar-refractivity contribution < 1.29 is 19.4 Å². The number of hydrogen-bond donors (Lipinski definition) is 1. The van der Waals surface area contributed by atoms with Gasteiger partial charge in [-0.15, -0.1) is 0 Å². The number of amides is 1. The number of hydrogen-bond acceptors (Lipinski definition) is 4. The van der Waals surface area contributed by atoms with Crippen molar-refractivity contribution in [3.8, 4) is 0 Å². The summed E-state index contributed by atoms with van der Waals surface area (Å²) in [6.07, 6.45) is 0.573. The molecule has 1 unspecified atom stereocenters. The molecule has 0 saturated carbocycles. The van der Waals surface area contributed by atoms with Crippen LogP contribution in [0.1, 0.15) is 26.2 Å². The molecule has 84 valence electrons. The lowest BCUT2D eigenvalue weighted by molar-refractivity contribution is -0.157. The zero-order chi connectivity index (χ0) is 11.1. The van der Waals surface area contributed by atoms with Crippen LogP contribution in [0, 0.1) is 0 Å². The van der Waals surface area contributed by atoms with Gasteiger partial charge in [-0.1, -0.05) is 0 Å². The number of fused-ring (bicyclic) bond motifs is 1. The Morgan fingerprint density at radius 2 is 2.47 bits per heavy atom. The maximum Gasteiger partial charge on any atom is 0.332 e. The Kier molecular flexibility index (Phi) is 2.42. The van der Waals surface area contributed by atoms with E-state index in [2.05, 4.69) is 0 Å². The highest BCUT2D eigenvalue weighted by atomic mass is 16.5. The van der Waals surface area contributed by atoms with Crippen molar-refractivity contribution in [3.05, 3.63) is 0 Å². The number of carbonyl (C=O) groups excluding carboxylic acids is 2. The molecule has 2 rings (SSSR count). The minimum Gasteiger partial charge on any atom is -0.464 e. The van der Waals surface area contributed by atoms with Gasteiger partial charge in [-0.05, 0) is 13.3 Å². The lowest BCUT2D eigenvalue weighted by Gasteiger charge is -2.28. The summed E-state index contributed by atoms with van der Waals surface area (Å²) >= 11 is 0. The topological polar surface area (TPSA) is 66.8 Å². The molecule has 1 N–H and O–H groups in total. The number of nitrogens with zero attached hydrogens (tertiary/aromatic N) is 1. The Morgan fingerprint density at radius 3 is 3.13 bits per heavy atom. The first-order valence-corrected chi connectivity index (χ1v) is 5.26. The molecule has 2 atom stereocenters. The van der Waals surface area contributed by atoms with Gasteiger partial charge in [0.25, 0.3) is 0 Å². The van der Waals surface area contributed by atoms with Crippen LogP contribution in [0.25, 0.3) is 0 Å². The number of β-amino-alcohol motifs (C(OH)–C–C–N with tert-alkyl or cyclic N) is 1. The molecule has 0 aliphatic carbocycles. The van der Waals surface area contributed by atoms with Crippen molar-refractivity contribution in [2.24, 2.45) is 0 Å². The molecule has 2 saturated heterocycles. The average molecular weight is 213 g/mol. The van der Waals surface area contributed by atoms with Crippen LogP contribution in [0.15, 0.2) is 0 Å². The van der Waals surface area contributed by atoms with Crippen molar-refractivity contribution in [2.75, 3.05) is 13.2 Å². The smallest absolute Gasteiger partial charge is 0.332 e. The maximum absolute atomic E-state index is 11.8. The van der Waals surface area contributed by atoms with Crippen molar-refractivity contribution in [2.45, 2.75) is 37.8 Å². The van der Waals surface area contributed by atoms with Crippen LogP contribution < -0.4 is 0 Å². The van der Waals surface area contributed by atoms with Gasteiger partial charge >= 0.3 is 5.97 Å². The molecule has 2 aliphatic heterocycles. The third-order valence-electron chi connectivity index (χ3n) is 3.19. The van der Waals surface area contributed by atoms with Crippen LogP contribution in [0.5, 0.6) is 0 Å². The molecule has 5 heteroatoms. The van der Waals surface area contributed by atoms with Crippen LogP contribution in [-0.4, -0.2) is 46.7 Å². The van der Waals surface area contributed by atoms with Crippen molar-refractivity contribution >= 4 is 11.9 Å². The highest BCUT2D eigenvalue weighted by Crippen LogP contribution is 2.40. The average Bonchev–Trinajstić information content (AvgIpc) is 2.66. The van der Waals surface area contributed by atoms with E-state index in [4.69, 9.17) is 4.74 Å². The van der Waals surface area contributed by atoms with E-state index < -0.39 is 11.6 Å². The third kappa shape index (κ3) is 1.42. The second-order valence-electron chi connectivity index (χ2n) is 4.11. The fourth-order valence-corrected chi connectivity index (χ4v) is 2.54. The first kappa shape index (κ1) is 10.4. The van der Waals surface area contributed by atoms with E-state index in [0.29, 0.717) is 25.9 Å². The van der Waals surface area contributed by atoms with Gasteiger partial charge in [0, 0.05) is 19.4 Å². The summed E-state index contributed by atoms with van der Waals surface area (Å²) < 4.78 is 4.98. The third-order valence-corrected chi connectivity index (χ3v) is 3.19. The number of esters is 1. The van der Waals surface area contributed by atoms with E-state index in [0.717, 1.165) is 0 Å². The second kappa shape index (κ2) is 3.48. The fourth-order valence-electron chi connectivity index (χ4n) is 2.54. The molecule has 0 radical (unpaired) electrons. The highest BCUT2D eigenvalue weighted by molar-refractivity contribution is 5.92. The van der Waals surface area contributed by atoms with Crippen molar-refractivity contribution in [1.29, 1.82) is 0 Å². The lowest BCUT2D eigenvalue weighted by Crippen LogP contribution is -2.48. The molecular formula is C10H15NO4. The van der Waals surface area contributed by atoms with Gasteiger partial charge in [-0.25, -0.2) is 4.79 Å². The molecule has 0 aromatic rings. The Balaban J connectivity index is 2.24. The van der Waals surface area contributed by atoms with Crippen LogP contribution in [0.3, 0.4) is 0 Å². The van der Waals surface area contributed by atoms with Gasteiger partial charge < -0.3 is 14.7 Å². The summed E-state index contributed by atoms with van der Waals surface area (Å²) in [6, 6.07) is 0. The maximum atomic E-state index is 11.8. The summed E-state index contributed by atoms with van der Waals surface area (Å²) in [5.74, 6) is -0.424. The van der Waals surface area contributed by atoms with Crippen molar-refractivity contribution in [1.82, 2.24) is 4.90 Å². The van der Waals surface area contributed by atoms with E-state index in [-0.39, 0.29) is 18.4 Å². The van der Waals surface area contributed by atoms with E-state index >= 15 is 0 Å². The summed E-state index contributed by atoms with van der Waals surface area (Å²) in [4.78, 5) is 24.8. The van der Waals surface area contributed by atoms with E-state index in [9.17, 15) is 14.7 Å². The SMILES string of the molecule is CCOC(=O)C12CCC(=O)N1C[C@@H](O)C2. The van der Waals surface area contributed by atoms with E-state index in [1.807, 2.05) is 0 Å². The molecule has 0 aromatic heterocycles. The summed E-state index contributed by atoms with van der Waals surface area (Å²) in [5.41, 5.74) is -0.869. The molecule has 0 aromatic carbocycles. The minimum absolute atomic E-state index is 0.0559. The number of carbonyl (C=O) groups is 2. The molecule has 0 spiro atoms. The molecule has 2 heterocycles. The van der Waals surface area contributed by atoms with E-state index in [1.165, 1.54) is 4.90 Å². The first-order chi connectivity index (χ1) is 7.10. The van der Waals surface area contributed by atoms with Gasteiger partial charge in [0.1, 0.15) is 5.54 Å². The zero-order valence-electron chi connectivity index (χ0n) is 8.73. The van der Waals surface area contributed by atoms with Crippen LogP contribution in [0.4, 0.5) is 0 Å². The monoisotopic (exact) mass is 213 g/mol. The summed E-state index contributed by atoms with van der Waals surface area (Å²) in [6.45, 7) is 2.30. The molecular weight excluding hydrogens is 198 g/mol. The van der Waals surface area contributed by atoms with Gasteiger partial charge in [-0.3, -0.25) is 4.79 Å². The number of ether oxygens (including phenoxy) is 1. The first-order valence-electron chi connectivity index (χ1n) is 5.26. The van der Waals surface area contributed by atoms with Crippen molar-refractivity contribution in [3.63, 3.8) is 0 Å². The van der Waals surface area contributed by atoms with Gasteiger partial charge in [0.05, 0.1) is 12.7 Å². The summed E-state index contributed by atoms with van der Waals surface area (Å²) in [7, 11) is 0. The van der Waals surface area contributed by atoms with Crippen LogP contribution in [0.2, 0.25) is 0 Å². The zero-order valence-corrected chi connectivity index (χ0v) is 8.73. The Hall–Kier alpha value is -1.10. The number of rotatable bonds is 2. The minimum atomic E-state index is -0.869. The fraction of sp³-hybridized carbons (Fsp3) is 0.800. The Labute approximate surface area is 88.0 Å². The standard InChI is InChI=1S/C10H15NO4/c1-2-15-9(14)10-4-3-8(13)11(10)6-7(12)5-10/h7,12H,2-6H2,1H3/t7-,10?/m0/s1. The lowest BCUT2D eigenvalue weighted by atomic mass is 9.93. The Bertz CT molecular complexity index is 304. The molecule has 5 nitrogen and oxygen atoms in total. The Morgan fingerprint density at radius 1 is 1.73 bits per heavy atom. The molecule has 15 heavy (non-hydrogen) atoms. The van der Waals surface area contributed by atoms with Crippen LogP contribution >= 0.6 is 0 Å². The molecule has 1 amide bonds. The normalized spacial score (nSPS) is 34.4. The van der Waals surface area contributed by atoms with Gasteiger partial charge in [-0.2, -0.15) is 0 Å². The highest BCUT2D eigenvalue weighted by Gasteiger charge is 2.57. The quantitative estimate of drug-likeness (QED) is 0.638. The molecule has 0 bridgehead atoms. The number of aliphatic hydroxyl groups is 1. The molecule has 2 aliphatic rings. The largest absolute Gasteiger partial charge is 0.464 e. The second-order valence-corrected chi connectivity index (χ2v) is 4.11. The van der Waals surface area contributed by atoms with E-state index in [1.54, 1.807) is 6.92 Å². The predicted octanol–water partition coefficient (Wildman–Crippen LogP) is -0.325. The molecule has 2 fully saturated rings. The van der Waals surface area contributed by atoms with Gasteiger partial charge in [0.2, 0.25) is 5.91 Å². The van der Waals surface area contributed by atoms with Crippen LogP contribution in [-0.2, 0) is 14.3 Å².